The van der Waals surface area contributed by atoms with Gasteiger partial charge in [-0.2, -0.15) is 0 Å². The van der Waals surface area contributed by atoms with Crippen LogP contribution in [0.15, 0.2) is 36.4 Å². The molecule has 128 valence electrons. The molecular weight excluding hydrogens is 324 g/mol. The standard InChI is InChI=1S/C19H23ClN2O2/c1-13-5-6-14(2)17(9-13)21-19(23)12-22(3)11-15-10-16(20)7-8-18(15)24-4/h5-10H,11-12H2,1-4H3,(H,21,23)/p+1. The fraction of sp³-hybridized carbons (Fsp3) is 0.316. The number of rotatable bonds is 6. The summed E-state index contributed by atoms with van der Waals surface area (Å²) in [4.78, 5) is 13.4. The number of likely N-dealkylation sites (N-methyl/N-ethyl adjacent to an activating group) is 1. The van der Waals surface area contributed by atoms with Gasteiger partial charge in [-0.15, -0.1) is 0 Å². The van der Waals surface area contributed by atoms with Crippen LogP contribution in [0.25, 0.3) is 0 Å². The van der Waals surface area contributed by atoms with Gasteiger partial charge in [0.2, 0.25) is 0 Å². The molecule has 0 fully saturated rings. The van der Waals surface area contributed by atoms with E-state index in [1.54, 1.807) is 13.2 Å². The second kappa shape index (κ2) is 8.18. The van der Waals surface area contributed by atoms with Crippen molar-refractivity contribution in [3.8, 4) is 5.75 Å². The SMILES string of the molecule is COc1ccc(Cl)cc1C[NH+](C)CC(=O)Nc1cc(C)ccc1C. The van der Waals surface area contributed by atoms with Gasteiger partial charge in [0.25, 0.3) is 5.91 Å². The molecule has 2 N–H and O–H groups in total. The Morgan fingerprint density at radius 2 is 1.96 bits per heavy atom. The van der Waals surface area contributed by atoms with Crippen LogP contribution >= 0.6 is 11.6 Å². The van der Waals surface area contributed by atoms with Crippen molar-refractivity contribution in [1.29, 1.82) is 0 Å². The number of carbonyl (C=O) groups is 1. The van der Waals surface area contributed by atoms with Gasteiger partial charge < -0.3 is 15.0 Å². The molecule has 5 heteroatoms. The molecule has 1 amide bonds. The smallest absolute Gasteiger partial charge is 0.279 e. The highest BCUT2D eigenvalue weighted by Crippen LogP contribution is 2.21. The Balaban J connectivity index is 1.99. The molecule has 2 rings (SSSR count). The Morgan fingerprint density at radius 3 is 2.67 bits per heavy atom. The largest absolute Gasteiger partial charge is 0.496 e. The first-order valence-electron chi connectivity index (χ1n) is 7.90. The van der Waals surface area contributed by atoms with Crippen LogP contribution in [0, 0.1) is 13.8 Å². The predicted molar refractivity (Wildman–Crippen MR) is 98.0 cm³/mol. The van der Waals surface area contributed by atoms with Crippen LogP contribution in [0.1, 0.15) is 16.7 Å². The maximum Gasteiger partial charge on any atom is 0.279 e. The van der Waals surface area contributed by atoms with Crippen molar-refractivity contribution in [1.82, 2.24) is 0 Å². The summed E-state index contributed by atoms with van der Waals surface area (Å²) in [6.07, 6.45) is 0. The van der Waals surface area contributed by atoms with E-state index in [1.165, 1.54) is 0 Å². The molecule has 2 aromatic rings. The van der Waals surface area contributed by atoms with E-state index in [1.807, 2.05) is 51.2 Å². The molecule has 0 spiro atoms. The highest BCUT2D eigenvalue weighted by atomic mass is 35.5. The average molecular weight is 348 g/mol. The first kappa shape index (κ1) is 18.3. The summed E-state index contributed by atoms with van der Waals surface area (Å²) in [5, 5.41) is 3.66. The molecule has 0 aromatic heterocycles. The number of ether oxygens (including phenoxy) is 1. The molecule has 0 aliphatic rings. The third-order valence-corrected chi connectivity index (χ3v) is 4.10. The molecule has 0 saturated heterocycles. The highest BCUT2D eigenvalue weighted by molar-refractivity contribution is 6.30. The van der Waals surface area contributed by atoms with Crippen LogP contribution in [0.3, 0.4) is 0 Å². The Kier molecular flexibility index (Phi) is 6.23. The van der Waals surface area contributed by atoms with Crippen molar-refractivity contribution in [2.45, 2.75) is 20.4 Å². The van der Waals surface area contributed by atoms with Gasteiger partial charge in [0, 0.05) is 16.3 Å². The number of halogens is 1. The van der Waals surface area contributed by atoms with E-state index in [0.29, 0.717) is 18.1 Å². The quantitative estimate of drug-likeness (QED) is 0.843. The molecule has 0 radical (unpaired) electrons. The van der Waals surface area contributed by atoms with Gasteiger partial charge in [-0.1, -0.05) is 23.7 Å². The van der Waals surface area contributed by atoms with Crippen molar-refractivity contribution >= 4 is 23.2 Å². The van der Waals surface area contributed by atoms with E-state index in [4.69, 9.17) is 16.3 Å². The van der Waals surface area contributed by atoms with E-state index in [2.05, 4.69) is 5.32 Å². The van der Waals surface area contributed by atoms with Crippen molar-refractivity contribution in [3.63, 3.8) is 0 Å². The topological polar surface area (TPSA) is 42.8 Å². The zero-order valence-electron chi connectivity index (χ0n) is 14.6. The van der Waals surface area contributed by atoms with Crippen LogP contribution in [0.5, 0.6) is 5.75 Å². The number of quaternary nitrogens is 1. The van der Waals surface area contributed by atoms with Crippen LogP contribution in [0.4, 0.5) is 5.69 Å². The molecule has 24 heavy (non-hydrogen) atoms. The van der Waals surface area contributed by atoms with Crippen molar-refractivity contribution in [3.05, 3.63) is 58.1 Å². The van der Waals surface area contributed by atoms with Crippen LogP contribution in [0.2, 0.25) is 5.02 Å². The minimum atomic E-state index is -0.0119. The summed E-state index contributed by atoms with van der Waals surface area (Å²) in [6, 6.07) is 11.6. The minimum Gasteiger partial charge on any atom is -0.496 e. The number of amides is 1. The van der Waals surface area contributed by atoms with Crippen molar-refractivity contribution < 1.29 is 14.4 Å². The van der Waals surface area contributed by atoms with Gasteiger partial charge in [0.05, 0.1) is 14.2 Å². The van der Waals surface area contributed by atoms with Crippen LogP contribution < -0.4 is 15.0 Å². The normalized spacial score (nSPS) is 11.9. The van der Waals surface area contributed by atoms with Crippen molar-refractivity contribution in [2.24, 2.45) is 0 Å². The fourth-order valence-corrected chi connectivity index (χ4v) is 2.81. The van der Waals surface area contributed by atoms with Gasteiger partial charge in [0.15, 0.2) is 6.54 Å². The van der Waals surface area contributed by atoms with E-state index in [9.17, 15) is 4.79 Å². The van der Waals surface area contributed by atoms with Crippen LogP contribution in [-0.4, -0.2) is 26.6 Å². The minimum absolute atomic E-state index is 0.0119. The number of anilines is 1. The Labute approximate surface area is 148 Å². The maximum absolute atomic E-state index is 12.3. The Morgan fingerprint density at radius 1 is 1.21 bits per heavy atom. The predicted octanol–water partition coefficient (Wildman–Crippen LogP) is 2.62. The summed E-state index contributed by atoms with van der Waals surface area (Å²) >= 11 is 6.06. The lowest BCUT2D eigenvalue weighted by atomic mass is 10.1. The first-order valence-corrected chi connectivity index (χ1v) is 8.27. The van der Waals surface area contributed by atoms with Gasteiger partial charge in [-0.3, -0.25) is 4.79 Å². The molecule has 0 bridgehead atoms. The van der Waals surface area contributed by atoms with Gasteiger partial charge in [-0.05, 0) is 49.2 Å². The molecule has 0 aliphatic heterocycles. The third-order valence-electron chi connectivity index (χ3n) is 3.86. The first-order chi connectivity index (χ1) is 11.4. The second-order valence-corrected chi connectivity index (χ2v) is 6.57. The number of methoxy groups -OCH3 is 1. The summed E-state index contributed by atoms with van der Waals surface area (Å²) < 4.78 is 5.36. The summed E-state index contributed by atoms with van der Waals surface area (Å²) in [5.41, 5.74) is 4.04. The fourth-order valence-electron chi connectivity index (χ4n) is 2.61. The molecule has 1 atom stereocenters. The monoisotopic (exact) mass is 347 g/mol. The lowest BCUT2D eigenvalue weighted by Crippen LogP contribution is -3.08. The Hall–Kier alpha value is -2.04. The molecule has 0 heterocycles. The van der Waals surface area contributed by atoms with Gasteiger partial charge in [0.1, 0.15) is 12.3 Å². The molecule has 2 aromatic carbocycles. The average Bonchev–Trinajstić information content (AvgIpc) is 2.51. The maximum atomic E-state index is 12.3. The molecular formula is C19H24ClN2O2+. The number of hydrogen-bond acceptors (Lipinski definition) is 2. The lowest BCUT2D eigenvalue weighted by molar-refractivity contribution is -0.885. The van der Waals surface area contributed by atoms with Crippen LogP contribution in [-0.2, 0) is 11.3 Å². The lowest BCUT2D eigenvalue weighted by Gasteiger charge is -2.16. The summed E-state index contributed by atoms with van der Waals surface area (Å²) in [5.74, 6) is 0.774. The molecule has 0 aliphatic carbocycles. The molecule has 4 nitrogen and oxygen atoms in total. The second-order valence-electron chi connectivity index (χ2n) is 6.13. The summed E-state index contributed by atoms with van der Waals surface area (Å²) in [7, 11) is 3.61. The Bertz CT molecular complexity index is 731. The van der Waals surface area contributed by atoms with Gasteiger partial charge >= 0.3 is 0 Å². The number of carbonyl (C=O) groups excluding carboxylic acids is 1. The van der Waals surface area contributed by atoms with Crippen molar-refractivity contribution in [2.75, 3.05) is 26.0 Å². The van der Waals surface area contributed by atoms with E-state index in [0.717, 1.165) is 33.0 Å². The number of aryl methyl sites for hydroxylation is 2. The van der Waals surface area contributed by atoms with Gasteiger partial charge in [-0.25, -0.2) is 0 Å². The highest BCUT2D eigenvalue weighted by Gasteiger charge is 2.14. The molecule has 1 unspecified atom stereocenters. The third kappa shape index (κ3) is 4.98. The molecule has 0 saturated carbocycles. The number of benzene rings is 2. The summed E-state index contributed by atoms with van der Waals surface area (Å²) in [6.45, 7) is 5.02. The zero-order chi connectivity index (χ0) is 17.7. The zero-order valence-corrected chi connectivity index (χ0v) is 15.3. The van der Waals surface area contributed by atoms with E-state index in [-0.39, 0.29) is 5.91 Å². The number of hydrogen-bond donors (Lipinski definition) is 2. The van der Waals surface area contributed by atoms with E-state index < -0.39 is 0 Å². The number of nitrogens with one attached hydrogen (secondary N) is 2. The van der Waals surface area contributed by atoms with E-state index >= 15 is 0 Å².